The van der Waals surface area contributed by atoms with E-state index in [0.717, 1.165) is 6.42 Å². The summed E-state index contributed by atoms with van der Waals surface area (Å²) in [4.78, 5) is 24.5. The molecule has 152 valence electrons. The van der Waals surface area contributed by atoms with Crippen molar-refractivity contribution in [2.75, 3.05) is 6.61 Å². The van der Waals surface area contributed by atoms with Crippen molar-refractivity contribution in [2.24, 2.45) is 11.8 Å². The molecule has 0 aliphatic rings. The van der Waals surface area contributed by atoms with E-state index in [4.69, 9.17) is 4.74 Å². The number of halogens is 4. The number of hydrogen-bond donors (Lipinski definition) is 1. The van der Waals surface area contributed by atoms with Crippen molar-refractivity contribution < 1.29 is 31.9 Å². The fraction of sp³-hybridized carbons (Fsp3) is 0.579. The van der Waals surface area contributed by atoms with Gasteiger partial charge in [0.2, 0.25) is 0 Å². The van der Waals surface area contributed by atoms with Crippen LogP contribution in [-0.4, -0.2) is 24.5 Å². The number of nitrogens with one attached hydrogen (secondary N) is 1. The fourth-order valence-corrected chi connectivity index (χ4v) is 2.36. The third-order valence-electron chi connectivity index (χ3n) is 3.86. The summed E-state index contributed by atoms with van der Waals surface area (Å²) in [5.41, 5.74) is -1.79. The van der Waals surface area contributed by atoms with Crippen LogP contribution in [0, 0.1) is 17.7 Å². The largest absolute Gasteiger partial charge is 0.464 e. The van der Waals surface area contributed by atoms with Crippen LogP contribution < -0.4 is 5.32 Å². The molecule has 1 rings (SSSR count). The zero-order valence-electron chi connectivity index (χ0n) is 15.8. The van der Waals surface area contributed by atoms with Crippen LogP contribution in [0.1, 0.15) is 56.5 Å². The van der Waals surface area contributed by atoms with Gasteiger partial charge in [-0.1, -0.05) is 27.7 Å². The summed E-state index contributed by atoms with van der Waals surface area (Å²) in [6.45, 7) is 7.58. The van der Waals surface area contributed by atoms with Crippen molar-refractivity contribution in [3.63, 3.8) is 0 Å². The molecule has 1 aromatic carbocycles. The van der Waals surface area contributed by atoms with Gasteiger partial charge in [0, 0.05) is 5.56 Å². The monoisotopic (exact) mass is 391 g/mol. The highest BCUT2D eigenvalue weighted by molar-refractivity contribution is 5.97. The number of rotatable bonds is 8. The van der Waals surface area contributed by atoms with E-state index in [0.29, 0.717) is 30.5 Å². The number of ether oxygens (including phenoxy) is 1. The molecule has 0 saturated heterocycles. The van der Waals surface area contributed by atoms with Crippen LogP contribution in [0.25, 0.3) is 0 Å². The van der Waals surface area contributed by atoms with Gasteiger partial charge in [0.1, 0.15) is 11.9 Å². The maximum Gasteiger partial charge on any atom is 0.416 e. The second-order valence-corrected chi connectivity index (χ2v) is 7.13. The molecule has 27 heavy (non-hydrogen) atoms. The number of alkyl halides is 3. The van der Waals surface area contributed by atoms with Gasteiger partial charge in [-0.3, -0.25) is 4.79 Å². The Labute approximate surface area is 156 Å². The predicted octanol–water partition coefficient (Wildman–Crippen LogP) is 4.58. The van der Waals surface area contributed by atoms with E-state index >= 15 is 0 Å². The van der Waals surface area contributed by atoms with Crippen LogP contribution in [0.5, 0.6) is 0 Å². The van der Waals surface area contributed by atoms with Gasteiger partial charge in [-0.05, 0) is 42.9 Å². The van der Waals surface area contributed by atoms with Crippen LogP contribution in [-0.2, 0) is 15.7 Å². The van der Waals surface area contributed by atoms with Crippen LogP contribution in [0.2, 0.25) is 0 Å². The molecule has 0 saturated carbocycles. The van der Waals surface area contributed by atoms with Crippen LogP contribution in [0.4, 0.5) is 17.6 Å². The van der Waals surface area contributed by atoms with E-state index in [2.05, 4.69) is 5.32 Å². The third-order valence-corrected chi connectivity index (χ3v) is 3.86. The van der Waals surface area contributed by atoms with E-state index in [1.54, 1.807) is 13.8 Å². The molecule has 4 nitrogen and oxygen atoms in total. The van der Waals surface area contributed by atoms with Gasteiger partial charge in [-0.2, -0.15) is 13.2 Å². The van der Waals surface area contributed by atoms with Gasteiger partial charge in [0.05, 0.1) is 12.2 Å². The van der Waals surface area contributed by atoms with E-state index in [-0.39, 0.29) is 12.5 Å². The first-order valence-electron chi connectivity index (χ1n) is 8.77. The van der Waals surface area contributed by atoms with Gasteiger partial charge < -0.3 is 10.1 Å². The molecule has 0 aliphatic carbocycles. The van der Waals surface area contributed by atoms with Crippen molar-refractivity contribution in [1.82, 2.24) is 5.32 Å². The summed E-state index contributed by atoms with van der Waals surface area (Å²) in [6.07, 6.45) is -3.25. The molecule has 0 spiro atoms. The summed E-state index contributed by atoms with van der Waals surface area (Å²) >= 11 is 0. The molecule has 0 aromatic heterocycles. The van der Waals surface area contributed by atoms with Gasteiger partial charge in [0.25, 0.3) is 5.91 Å². The van der Waals surface area contributed by atoms with Crippen LogP contribution in [0.15, 0.2) is 18.2 Å². The van der Waals surface area contributed by atoms with E-state index in [1.807, 2.05) is 13.8 Å². The summed E-state index contributed by atoms with van der Waals surface area (Å²) in [7, 11) is 0. The molecule has 0 bridgehead atoms. The number of carbonyl (C=O) groups excluding carboxylic acids is 2. The highest BCUT2D eigenvalue weighted by atomic mass is 19.4. The normalized spacial score (nSPS) is 13.0. The average molecular weight is 391 g/mol. The third kappa shape index (κ3) is 7.56. The Kier molecular flexibility index (Phi) is 8.24. The Morgan fingerprint density at radius 2 is 1.74 bits per heavy atom. The van der Waals surface area contributed by atoms with Crippen molar-refractivity contribution in [2.45, 2.75) is 52.8 Å². The smallest absolute Gasteiger partial charge is 0.416 e. The van der Waals surface area contributed by atoms with Crippen LogP contribution >= 0.6 is 0 Å². The quantitative estimate of drug-likeness (QED) is 0.401. The minimum absolute atomic E-state index is 0.189. The summed E-state index contributed by atoms with van der Waals surface area (Å²) in [6, 6.07) is 0.494. The fourth-order valence-electron chi connectivity index (χ4n) is 2.36. The molecule has 1 N–H and O–H groups in total. The van der Waals surface area contributed by atoms with Crippen molar-refractivity contribution in [3.05, 3.63) is 35.1 Å². The van der Waals surface area contributed by atoms with E-state index in [1.165, 1.54) is 0 Å². The highest BCUT2D eigenvalue weighted by Crippen LogP contribution is 2.30. The van der Waals surface area contributed by atoms with Crippen LogP contribution in [0.3, 0.4) is 0 Å². The standard InChI is InChI=1S/C19H25F4NO3/c1-11(2)6-5-7-27-18(26)16(12(3)4)24-17(25)13-8-14(19(21,22)23)10-15(20)9-13/h8-12,16H,5-7H2,1-4H3,(H,24,25). The number of amides is 1. The number of esters is 1. The SMILES string of the molecule is CC(C)CCCOC(=O)C(NC(=O)c1cc(F)cc(C(F)(F)F)c1)C(C)C. The highest BCUT2D eigenvalue weighted by Gasteiger charge is 2.33. The minimum Gasteiger partial charge on any atom is -0.464 e. The number of benzene rings is 1. The molecule has 0 fully saturated rings. The van der Waals surface area contributed by atoms with Crippen molar-refractivity contribution >= 4 is 11.9 Å². The topological polar surface area (TPSA) is 55.4 Å². The Morgan fingerprint density at radius 1 is 1.11 bits per heavy atom. The summed E-state index contributed by atoms with van der Waals surface area (Å²) in [5.74, 6) is -2.73. The molecule has 0 radical (unpaired) electrons. The molecule has 1 atom stereocenters. The maximum absolute atomic E-state index is 13.5. The van der Waals surface area contributed by atoms with Gasteiger partial charge in [0.15, 0.2) is 0 Å². The number of carbonyl (C=O) groups is 2. The maximum atomic E-state index is 13.5. The Morgan fingerprint density at radius 3 is 2.26 bits per heavy atom. The van der Waals surface area contributed by atoms with Gasteiger partial charge >= 0.3 is 12.1 Å². The van der Waals surface area contributed by atoms with Gasteiger partial charge in [-0.25, -0.2) is 9.18 Å². The lowest BCUT2D eigenvalue weighted by molar-refractivity contribution is -0.147. The van der Waals surface area contributed by atoms with Crippen molar-refractivity contribution in [3.8, 4) is 0 Å². The summed E-state index contributed by atoms with van der Waals surface area (Å²) in [5, 5.41) is 2.34. The van der Waals surface area contributed by atoms with Gasteiger partial charge in [-0.15, -0.1) is 0 Å². The Bertz CT molecular complexity index is 657. The molecule has 0 aliphatic heterocycles. The first-order valence-corrected chi connectivity index (χ1v) is 8.77. The zero-order valence-corrected chi connectivity index (χ0v) is 15.8. The predicted molar refractivity (Wildman–Crippen MR) is 92.5 cm³/mol. The average Bonchev–Trinajstić information content (AvgIpc) is 2.54. The lowest BCUT2D eigenvalue weighted by Gasteiger charge is -2.21. The van der Waals surface area contributed by atoms with E-state index in [9.17, 15) is 27.2 Å². The molecule has 1 unspecified atom stereocenters. The first-order chi connectivity index (χ1) is 12.4. The zero-order chi connectivity index (χ0) is 20.8. The second-order valence-electron chi connectivity index (χ2n) is 7.13. The molecule has 0 heterocycles. The number of hydrogen-bond acceptors (Lipinski definition) is 3. The first kappa shape index (κ1) is 22.9. The second kappa shape index (κ2) is 9.71. The molecule has 1 amide bonds. The lowest BCUT2D eigenvalue weighted by Crippen LogP contribution is -2.45. The molecular formula is C19H25F4NO3. The Balaban J connectivity index is 2.84. The van der Waals surface area contributed by atoms with E-state index < -0.39 is 41.0 Å². The van der Waals surface area contributed by atoms with Crippen molar-refractivity contribution in [1.29, 1.82) is 0 Å². The molecular weight excluding hydrogens is 366 g/mol. The summed E-state index contributed by atoms with van der Waals surface area (Å²) < 4.78 is 57.0. The lowest BCUT2D eigenvalue weighted by atomic mass is 10.0. The molecule has 8 heteroatoms. The minimum atomic E-state index is -4.79. The molecule has 1 aromatic rings. The Hall–Kier alpha value is -2.12.